The molecule has 1 fully saturated rings. The maximum atomic E-state index is 12.3. The predicted molar refractivity (Wildman–Crippen MR) is 83.8 cm³/mol. The summed E-state index contributed by atoms with van der Waals surface area (Å²) in [6.45, 7) is 2.07. The molecule has 8 nitrogen and oxygen atoms in total. The third-order valence-electron chi connectivity index (χ3n) is 4.03. The quantitative estimate of drug-likeness (QED) is 0.717. The molecule has 2 amide bonds. The lowest BCUT2D eigenvalue weighted by Gasteiger charge is -2.30. The second-order valence-electron chi connectivity index (χ2n) is 5.71. The highest BCUT2D eigenvalue weighted by atomic mass is 16.5. The average Bonchev–Trinajstić information content (AvgIpc) is 3.08. The van der Waals surface area contributed by atoms with Crippen molar-refractivity contribution >= 4 is 17.8 Å². The van der Waals surface area contributed by atoms with Gasteiger partial charge in [-0.15, -0.1) is 0 Å². The summed E-state index contributed by atoms with van der Waals surface area (Å²) >= 11 is 0. The van der Waals surface area contributed by atoms with Crippen molar-refractivity contribution in [1.82, 2.24) is 10.2 Å². The molecule has 1 aromatic heterocycles. The molecule has 2 heterocycles. The molecule has 0 bridgehead atoms. The van der Waals surface area contributed by atoms with Gasteiger partial charge in [0.1, 0.15) is 6.26 Å². The molecule has 0 saturated carbocycles. The van der Waals surface area contributed by atoms with Crippen molar-refractivity contribution in [3.05, 3.63) is 23.7 Å². The second-order valence-corrected chi connectivity index (χ2v) is 5.71. The average molecular weight is 338 g/mol. The van der Waals surface area contributed by atoms with Gasteiger partial charge >= 0.3 is 5.97 Å². The maximum Gasteiger partial charge on any atom is 0.338 e. The molecule has 0 atom stereocenters. The Morgan fingerprint density at radius 2 is 2.08 bits per heavy atom. The van der Waals surface area contributed by atoms with Crippen molar-refractivity contribution < 1.29 is 28.6 Å². The molecule has 1 aromatic rings. The fourth-order valence-corrected chi connectivity index (χ4v) is 2.63. The largest absolute Gasteiger partial charge is 0.478 e. The highest BCUT2D eigenvalue weighted by Gasteiger charge is 2.29. The van der Waals surface area contributed by atoms with E-state index in [2.05, 4.69) is 5.32 Å². The van der Waals surface area contributed by atoms with E-state index < -0.39 is 5.97 Å². The Morgan fingerprint density at radius 1 is 1.38 bits per heavy atom. The first-order valence-corrected chi connectivity index (χ1v) is 7.90. The SMILES string of the molecule is COCCCNC(=O)C1CCN(C(=O)c2cc(C(=O)O)co2)CC1. The minimum Gasteiger partial charge on any atom is -0.478 e. The normalized spacial score (nSPS) is 15.3. The number of amides is 2. The van der Waals surface area contributed by atoms with Gasteiger partial charge in [-0.25, -0.2) is 4.79 Å². The van der Waals surface area contributed by atoms with Gasteiger partial charge in [-0.2, -0.15) is 0 Å². The van der Waals surface area contributed by atoms with Gasteiger partial charge in [-0.1, -0.05) is 0 Å². The number of carboxylic acid groups (broad SMARTS) is 1. The van der Waals surface area contributed by atoms with E-state index in [1.54, 1.807) is 12.0 Å². The molecule has 132 valence electrons. The van der Waals surface area contributed by atoms with Crippen LogP contribution in [0.15, 0.2) is 16.7 Å². The van der Waals surface area contributed by atoms with Crippen molar-refractivity contribution in [3.8, 4) is 0 Å². The third-order valence-corrected chi connectivity index (χ3v) is 4.03. The van der Waals surface area contributed by atoms with Crippen LogP contribution in [0, 0.1) is 5.92 Å². The minimum atomic E-state index is -1.14. The molecule has 0 unspecified atom stereocenters. The van der Waals surface area contributed by atoms with Gasteiger partial charge in [0.05, 0.1) is 5.56 Å². The van der Waals surface area contributed by atoms with E-state index in [0.717, 1.165) is 12.7 Å². The van der Waals surface area contributed by atoms with E-state index in [4.69, 9.17) is 14.3 Å². The van der Waals surface area contributed by atoms with Gasteiger partial charge in [-0.3, -0.25) is 9.59 Å². The van der Waals surface area contributed by atoms with E-state index in [0.29, 0.717) is 39.1 Å². The zero-order valence-corrected chi connectivity index (χ0v) is 13.6. The fourth-order valence-electron chi connectivity index (χ4n) is 2.63. The highest BCUT2D eigenvalue weighted by Crippen LogP contribution is 2.20. The lowest BCUT2D eigenvalue weighted by Crippen LogP contribution is -2.43. The molecule has 24 heavy (non-hydrogen) atoms. The van der Waals surface area contributed by atoms with Crippen molar-refractivity contribution in [3.63, 3.8) is 0 Å². The van der Waals surface area contributed by atoms with Crippen LogP contribution in [0.2, 0.25) is 0 Å². The van der Waals surface area contributed by atoms with Crippen LogP contribution in [0.1, 0.15) is 40.2 Å². The summed E-state index contributed by atoms with van der Waals surface area (Å²) in [5, 5.41) is 11.7. The third kappa shape index (κ3) is 4.58. The maximum absolute atomic E-state index is 12.3. The molecular formula is C16H22N2O6. The Bertz CT molecular complexity index is 589. The Balaban J connectivity index is 1.80. The molecule has 0 aromatic carbocycles. The molecule has 0 spiro atoms. The zero-order chi connectivity index (χ0) is 17.5. The first-order valence-electron chi connectivity index (χ1n) is 7.90. The van der Waals surface area contributed by atoms with Crippen LogP contribution < -0.4 is 5.32 Å². The molecule has 2 rings (SSSR count). The van der Waals surface area contributed by atoms with E-state index in [9.17, 15) is 14.4 Å². The minimum absolute atomic E-state index is 0.00404. The van der Waals surface area contributed by atoms with Crippen molar-refractivity contribution in [1.29, 1.82) is 0 Å². The van der Waals surface area contributed by atoms with Gasteiger partial charge < -0.3 is 24.5 Å². The van der Waals surface area contributed by atoms with Gasteiger partial charge in [0, 0.05) is 45.3 Å². The summed E-state index contributed by atoms with van der Waals surface area (Å²) < 4.78 is 9.96. The zero-order valence-electron chi connectivity index (χ0n) is 13.6. The van der Waals surface area contributed by atoms with Crippen LogP contribution in [-0.4, -0.2) is 61.1 Å². The van der Waals surface area contributed by atoms with Gasteiger partial charge in [-0.05, 0) is 19.3 Å². The summed E-state index contributed by atoms with van der Waals surface area (Å²) in [6.07, 6.45) is 2.97. The van der Waals surface area contributed by atoms with Gasteiger partial charge in [0.25, 0.3) is 5.91 Å². The summed E-state index contributed by atoms with van der Waals surface area (Å²) in [5.74, 6) is -1.58. The Morgan fingerprint density at radius 3 is 2.67 bits per heavy atom. The molecule has 2 N–H and O–H groups in total. The van der Waals surface area contributed by atoms with Crippen LogP contribution in [-0.2, 0) is 9.53 Å². The molecule has 0 radical (unpaired) electrons. The number of nitrogens with zero attached hydrogens (tertiary/aromatic N) is 1. The Labute approximate surface area is 139 Å². The predicted octanol–water partition coefficient (Wildman–Crippen LogP) is 0.983. The van der Waals surface area contributed by atoms with E-state index in [1.165, 1.54) is 6.07 Å². The summed E-state index contributed by atoms with van der Waals surface area (Å²) in [4.78, 5) is 36.7. The van der Waals surface area contributed by atoms with E-state index in [-0.39, 0.29) is 29.1 Å². The molecule has 1 aliphatic heterocycles. The Kier molecular flexibility index (Phi) is 6.36. The molecule has 1 aliphatic rings. The van der Waals surface area contributed by atoms with E-state index in [1.807, 2.05) is 0 Å². The number of piperidine rings is 1. The number of furan rings is 1. The monoisotopic (exact) mass is 338 g/mol. The van der Waals surface area contributed by atoms with Gasteiger partial charge in [0.2, 0.25) is 5.91 Å². The van der Waals surface area contributed by atoms with Crippen LogP contribution >= 0.6 is 0 Å². The fraction of sp³-hybridized carbons (Fsp3) is 0.562. The number of likely N-dealkylation sites (tertiary alicyclic amines) is 1. The first kappa shape index (κ1) is 18.0. The van der Waals surface area contributed by atoms with Crippen LogP contribution in [0.4, 0.5) is 0 Å². The first-order chi connectivity index (χ1) is 11.5. The summed E-state index contributed by atoms with van der Waals surface area (Å²) in [7, 11) is 1.62. The number of hydrogen-bond acceptors (Lipinski definition) is 5. The van der Waals surface area contributed by atoms with Crippen LogP contribution in [0.5, 0.6) is 0 Å². The number of carbonyl (C=O) groups excluding carboxylic acids is 2. The summed E-state index contributed by atoms with van der Waals surface area (Å²) in [6, 6.07) is 1.22. The number of rotatable bonds is 7. The summed E-state index contributed by atoms with van der Waals surface area (Å²) in [5.41, 5.74) is -0.0522. The van der Waals surface area contributed by atoms with Gasteiger partial charge in [0.15, 0.2) is 5.76 Å². The van der Waals surface area contributed by atoms with Crippen LogP contribution in [0.25, 0.3) is 0 Å². The molecule has 1 saturated heterocycles. The smallest absolute Gasteiger partial charge is 0.338 e. The number of hydrogen-bond donors (Lipinski definition) is 2. The standard InChI is InChI=1S/C16H22N2O6/c1-23-8-2-5-17-14(19)11-3-6-18(7-4-11)15(20)13-9-12(10-24-13)16(21)22/h9-11H,2-8H2,1H3,(H,17,19)(H,21,22). The van der Waals surface area contributed by atoms with Crippen LogP contribution in [0.3, 0.4) is 0 Å². The number of aromatic carboxylic acids is 1. The number of nitrogens with one attached hydrogen (secondary N) is 1. The lowest BCUT2D eigenvalue weighted by atomic mass is 9.95. The highest BCUT2D eigenvalue weighted by molar-refractivity contribution is 5.95. The number of ether oxygens (including phenoxy) is 1. The number of methoxy groups -OCH3 is 1. The topological polar surface area (TPSA) is 109 Å². The molecule has 0 aliphatic carbocycles. The molecular weight excluding hydrogens is 316 g/mol. The Hall–Kier alpha value is -2.35. The van der Waals surface area contributed by atoms with Crippen molar-refractivity contribution in [2.24, 2.45) is 5.92 Å². The number of carboxylic acids is 1. The number of carbonyl (C=O) groups is 3. The second kappa shape index (κ2) is 8.49. The van der Waals surface area contributed by atoms with E-state index >= 15 is 0 Å². The van der Waals surface area contributed by atoms with Crippen molar-refractivity contribution in [2.75, 3.05) is 33.4 Å². The van der Waals surface area contributed by atoms with Crippen molar-refractivity contribution in [2.45, 2.75) is 19.3 Å². The lowest BCUT2D eigenvalue weighted by molar-refractivity contribution is -0.126. The molecule has 8 heteroatoms.